The minimum Gasteiger partial charge on any atom is -0.508 e. The van der Waals surface area contributed by atoms with Gasteiger partial charge in [0, 0.05) is 12.2 Å². The Bertz CT molecular complexity index is 1030. The third kappa shape index (κ3) is 2.54. The van der Waals surface area contributed by atoms with Crippen LogP contribution < -0.4 is 11.4 Å². The van der Waals surface area contributed by atoms with Crippen LogP contribution >= 0.6 is 0 Å². The van der Waals surface area contributed by atoms with Crippen LogP contribution in [0, 0.1) is 0 Å². The van der Waals surface area contributed by atoms with Gasteiger partial charge < -0.3 is 20.6 Å². The molecule has 0 radical (unpaired) electrons. The van der Waals surface area contributed by atoms with E-state index in [1.165, 1.54) is 16.7 Å². The fourth-order valence-corrected chi connectivity index (χ4v) is 3.02. The molecule has 3 heterocycles. The number of benzene rings is 1. The number of phenolic OH excluding ortho intramolecular Hbond substituents is 1. The lowest BCUT2D eigenvalue weighted by atomic mass is 10.2. The molecule has 0 saturated carbocycles. The highest BCUT2D eigenvalue weighted by atomic mass is 16.5. The summed E-state index contributed by atoms with van der Waals surface area (Å²) in [6, 6.07) is 6.14. The summed E-state index contributed by atoms with van der Waals surface area (Å²) in [5.41, 5.74) is 5.97. The monoisotopic (exact) mass is 341 g/mol. The van der Waals surface area contributed by atoms with Crippen molar-refractivity contribution in [3.63, 3.8) is 0 Å². The number of aromatic amines is 1. The quantitative estimate of drug-likeness (QED) is 0.636. The zero-order valence-electron chi connectivity index (χ0n) is 13.1. The average molecular weight is 341 g/mol. The molecule has 1 aliphatic rings. The molecule has 0 bridgehead atoms. The maximum atomic E-state index is 12.4. The van der Waals surface area contributed by atoms with E-state index >= 15 is 0 Å². The lowest BCUT2D eigenvalue weighted by Crippen LogP contribution is -2.22. The second-order valence-corrected chi connectivity index (χ2v) is 5.83. The molecule has 128 valence electrons. The largest absolute Gasteiger partial charge is 0.508 e. The number of imidazole rings is 1. The van der Waals surface area contributed by atoms with Crippen molar-refractivity contribution >= 4 is 17.1 Å². The molecule has 9 heteroatoms. The molecular weight excluding hydrogens is 326 g/mol. The predicted octanol–water partition coefficient (Wildman–Crippen LogP) is 0.552. The van der Waals surface area contributed by atoms with Crippen molar-refractivity contribution in [2.24, 2.45) is 5.73 Å². The highest BCUT2D eigenvalue weighted by Gasteiger charge is 2.26. The van der Waals surface area contributed by atoms with E-state index in [1.807, 2.05) is 0 Å². The molecule has 2 aromatic heterocycles. The zero-order valence-corrected chi connectivity index (χ0v) is 13.1. The van der Waals surface area contributed by atoms with Gasteiger partial charge in [0.25, 0.3) is 5.91 Å². The molecule has 1 atom stereocenters. The molecule has 4 N–H and O–H groups in total. The number of nitrogens with zero attached hydrogens (tertiary/aromatic N) is 3. The molecule has 25 heavy (non-hydrogen) atoms. The summed E-state index contributed by atoms with van der Waals surface area (Å²) in [5.74, 6) is -0.536. The number of aromatic hydroxyl groups is 1. The van der Waals surface area contributed by atoms with Gasteiger partial charge in [0.1, 0.15) is 11.3 Å². The Morgan fingerprint density at radius 3 is 2.92 bits per heavy atom. The van der Waals surface area contributed by atoms with Crippen LogP contribution in [0.1, 0.15) is 23.0 Å². The minimum atomic E-state index is -0.773. The molecule has 1 unspecified atom stereocenters. The fourth-order valence-electron chi connectivity index (χ4n) is 3.02. The van der Waals surface area contributed by atoms with Gasteiger partial charge >= 0.3 is 5.69 Å². The summed E-state index contributed by atoms with van der Waals surface area (Å²) in [4.78, 5) is 35.5. The topological polar surface area (TPSA) is 136 Å². The van der Waals surface area contributed by atoms with Crippen LogP contribution in [0.15, 0.2) is 29.1 Å². The van der Waals surface area contributed by atoms with Crippen LogP contribution in [-0.4, -0.2) is 43.7 Å². The number of nitrogens with two attached hydrogens (primary N) is 1. The summed E-state index contributed by atoms with van der Waals surface area (Å²) in [5, 5.41) is 9.67. The first kappa shape index (κ1) is 15.3. The smallest absolute Gasteiger partial charge is 0.328 e. The van der Waals surface area contributed by atoms with Crippen LogP contribution in [-0.2, 0) is 4.74 Å². The number of nitrogens with one attached hydrogen (secondary N) is 1. The van der Waals surface area contributed by atoms with E-state index in [0.717, 1.165) is 0 Å². The van der Waals surface area contributed by atoms with Crippen LogP contribution in [0.3, 0.4) is 0 Å². The Balaban J connectivity index is 2.01. The van der Waals surface area contributed by atoms with Crippen molar-refractivity contribution in [2.45, 2.75) is 12.5 Å². The number of rotatable bonds is 3. The minimum absolute atomic E-state index is 0.0393. The van der Waals surface area contributed by atoms with Gasteiger partial charge in [0.05, 0.1) is 12.6 Å². The van der Waals surface area contributed by atoms with E-state index in [0.29, 0.717) is 30.8 Å². The van der Waals surface area contributed by atoms with Gasteiger partial charge in [-0.05, 0) is 18.6 Å². The molecule has 9 nitrogen and oxygen atoms in total. The van der Waals surface area contributed by atoms with Gasteiger partial charge in [-0.1, -0.05) is 12.1 Å². The third-order valence-electron chi connectivity index (χ3n) is 4.18. The molecule has 1 saturated heterocycles. The lowest BCUT2D eigenvalue weighted by Gasteiger charge is -2.10. The number of carbonyl (C=O) groups is 1. The molecule has 3 aromatic rings. The molecule has 1 amide bonds. The first-order chi connectivity index (χ1) is 12.0. The van der Waals surface area contributed by atoms with Crippen LogP contribution in [0.25, 0.3) is 22.6 Å². The van der Waals surface area contributed by atoms with E-state index < -0.39 is 11.6 Å². The van der Waals surface area contributed by atoms with Crippen molar-refractivity contribution in [3.05, 3.63) is 40.4 Å². The number of fused-ring (bicyclic) bond motifs is 1. The number of ether oxygens (including phenoxy) is 1. The molecule has 1 aliphatic heterocycles. The summed E-state index contributed by atoms with van der Waals surface area (Å²) < 4.78 is 6.83. The summed E-state index contributed by atoms with van der Waals surface area (Å²) in [6.45, 7) is 0.946. The highest BCUT2D eigenvalue weighted by molar-refractivity contribution is 6.01. The summed E-state index contributed by atoms with van der Waals surface area (Å²) in [7, 11) is 0. The molecule has 0 spiro atoms. The Morgan fingerprint density at radius 1 is 1.40 bits per heavy atom. The predicted molar refractivity (Wildman–Crippen MR) is 88.2 cm³/mol. The number of carbonyl (C=O) groups excluding carboxylic acids is 1. The highest BCUT2D eigenvalue weighted by Crippen LogP contribution is 2.26. The number of amides is 1. The number of hydrogen-bond acceptors (Lipinski definition) is 6. The van der Waals surface area contributed by atoms with Gasteiger partial charge in [-0.3, -0.25) is 9.36 Å². The van der Waals surface area contributed by atoms with Crippen LogP contribution in [0.4, 0.5) is 0 Å². The summed E-state index contributed by atoms with van der Waals surface area (Å²) >= 11 is 0. The van der Waals surface area contributed by atoms with Gasteiger partial charge in [-0.2, -0.15) is 0 Å². The van der Waals surface area contributed by atoms with E-state index in [4.69, 9.17) is 10.5 Å². The SMILES string of the molecule is NC(=O)c1nc(-c2cccc(O)c2)nc2c1[nH]c(=O)n2C1CCOC1. The van der Waals surface area contributed by atoms with Gasteiger partial charge in [0.2, 0.25) is 0 Å². The van der Waals surface area contributed by atoms with E-state index in [-0.39, 0.29) is 28.8 Å². The number of H-pyrrole nitrogens is 1. The normalized spacial score (nSPS) is 17.2. The van der Waals surface area contributed by atoms with Crippen molar-refractivity contribution in [3.8, 4) is 17.1 Å². The molecule has 4 rings (SSSR count). The van der Waals surface area contributed by atoms with E-state index in [1.54, 1.807) is 12.1 Å². The van der Waals surface area contributed by atoms with Crippen LogP contribution in [0.5, 0.6) is 5.75 Å². The number of hydrogen-bond donors (Lipinski definition) is 3. The second kappa shape index (κ2) is 5.71. The molecule has 0 aliphatic carbocycles. The molecule has 1 fully saturated rings. The fraction of sp³-hybridized carbons (Fsp3) is 0.250. The van der Waals surface area contributed by atoms with Gasteiger partial charge in [-0.25, -0.2) is 14.8 Å². The first-order valence-electron chi connectivity index (χ1n) is 7.74. The van der Waals surface area contributed by atoms with Gasteiger partial charge in [-0.15, -0.1) is 0 Å². The van der Waals surface area contributed by atoms with Gasteiger partial charge in [0.15, 0.2) is 17.2 Å². The third-order valence-corrected chi connectivity index (χ3v) is 4.18. The van der Waals surface area contributed by atoms with Crippen molar-refractivity contribution < 1.29 is 14.6 Å². The molecule has 1 aromatic carbocycles. The molecular formula is C16H15N5O4. The number of aromatic nitrogens is 4. The number of phenols is 1. The Kier molecular flexibility index (Phi) is 3.50. The van der Waals surface area contributed by atoms with E-state index in [9.17, 15) is 14.7 Å². The first-order valence-corrected chi connectivity index (χ1v) is 7.74. The maximum absolute atomic E-state index is 12.4. The number of primary amides is 1. The summed E-state index contributed by atoms with van der Waals surface area (Å²) in [6.07, 6.45) is 0.671. The maximum Gasteiger partial charge on any atom is 0.328 e. The lowest BCUT2D eigenvalue weighted by molar-refractivity contribution is 0.0997. The zero-order chi connectivity index (χ0) is 17.6. The van der Waals surface area contributed by atoms with Crippen molar-refractivity contribution in [1.29, 1.82) is 0 Å². The Hall–Kier alpha value is -3.20. The van der Waals surface area contributed by atoms with Crippen LogP contribution in [0.2, 0.25) is 0 Å². The second-order valence-electron chi connectivity index (χ2n) is 5.83. The Morgan fingerprint density at radius 2 is 2.24 bits per heavy atom. The Labute approximate surface area is 141 Å². The van der Waals surface area contributed by atoms with Crippen molar-refractivity contribution in [2.75, 3.05) is 13.2 Å². The standard InChI is InChI=1S/C16H15N5O4/c17-13(23)11-12-15(21(16(24)19-12)9-4-5-25-7-9)20-14(18-11)8-2-1-3-10(22)6-8/h1-3,6,9,22H,4-5,7H2,(H2,17,23)(H,19,24). The van der Waals surface area contributed by atoms with Crippen molar-refractivity contribution in [1.82, 2.24) is 19.5 Å². The average Bonchev–Trinajstić information content (AvgIpc) is 3.20. The van der Waals surface area contributed by atoms with E-state index in [2.05, 4.69) is 15.0 Å².